The number of carbonyl (C=O) groups is 1. The summed E-state index contributed by atoms with van der Waals surface area (Å²) in [5.41, 5.74) is 0.954. The van der Waals surface area contributed by atoms with E-state index in [9.17, 15) is 9.70 Å². The van der Waals surface area contributed by atoms with E-state index in [1.165, 1.54) is 6.07 Å². The number of H-pyrrole nitrogens is 1. The molecule has 0 bridgehead atoms. The van der Waals surface area contributed by atoms with Gasteiger partial charge in [0, 0.05) is 31.6 Å². The summed E-state index contributed by atoms with van der Waals surface area (Å²) in [6.07, 6.45) is 0.736. The van der Waals surface area contributed by atoms with Crippen molar-refractivity contribution >= 4 is 22.6 Å². The second-order valence-electron chi connectivity index (χ2n) is 4.60. The molecule has 0 unspecified atom stereocenters. The highest BCUT2D eigenvalue weighted by molar-refractivity contribution is 5.99. The molecule has 22 heavy (non-hydrogen) atoms. The van der Waals surface area contributed by atoms with E-state index in [0.717, 1.165) is 6.42 Å². The number of aromatic nitrogens is 1. The lowest BCUT2D eigenvalue weighted by molar-refractivity contribution is 0.0520. The molecule has 1 aromatic heterocycles. The number of nitrogens with one attached hydrogen (secondary N) is 1. The number of esters is 1. The number of nitroso groups, excluding NO2 is 1. The van der Waals surface area contributed by atoms with Crippen LogP contribution in [0.15, 0.2) is 23.4 Å². The fourth-order valence-corrected chi connectivity index (χ4v) is 2.07. The van der Waals surface area contributed by atoms with Crippen LogP contribution < -0.4 is 4.74 Å². The van der Waals surface area contributed by atoms with Crippen LogP contribution in [0.1, 0.15) is 23.8 Å². The lowest BCUT2D eigenvalue weighted by atomic mass is 10.2. The maximum absolute atomic E-state index is 11.7. The lowest BCUT2D eigenvalue weighted by Gasteiger charge is -2.06. The van der Waals surface area contributed by atoms with Gasteiger partial charge in [0.05, 0.1) is 18.7 Å². The van der Waals surface area contributed by atoms with Crippen molar-refractivity contribution in [1.29, 1.82) is 0 Å². The van der Waals surface area contributed by atoms with Crippen LogP contribution in [0.3, 0.4) is 0 Å². The van der Waals surface area contributed by atoms with E-state index in [0.29, 0.717) is 29.9 Å². The smallest absolute Gasteiger partial charge is 0.354 e. The van der Waals surface area contributed by atoms with E-state index < -0.39 is 5.97 Å². The zero-order valence-electron chi connectivity index (χ0n) is 12.5. The number of aromatic amines is 1. The minimum absolute atomic E-state index is 0.190. The highest BCUT2D eigenvalue weighted by Gasteiger charge is 2.14. The first-order valence-corrected chi connectivity index (χ1v) is 6.98. The van der Waals surface area contributed by atoms with Gasteiger partial charge in [-0.05, 0) is 24.2 Å². The first-order valence-electron chi connectivity index (χ1n) is 6.98. The van der Waals surface area contributed by atoms with E-state index in [4.69, 9.17) is 14.2 Å². The SMILES string of the molecule is CCOC(=O)c1cc2cc(OCCCOC)cc(N=O)c2[nH]1. The molecule has 2 rings (SSSR count). The van der Waals surface area contributed by atoms with Crippen molar-refractivity contribution in [2.45, 2.75) is 13.3 Å². The zero-order chi connectivity index (χ0) is 15.9. The van der Waals surface area contributed by atoms with Gasteiger partial charge in [0.2, 0.25) is 0 Å². The molecule has 0 saturated heterocycles. The van der Waals surface area contributed by atoms with E-state index >= 15 is 0 Å². The number of hydrogen-bond donors (Lipinski definition) is 1. The molecular weight excluding hydrogens is 288 g/mol. The summed E-state index contributed by atoms with van der Waals surface area (Å²) >= 11 is 0. The summed E-state index contributed by atoms with van der Waals surface area (Å²) in [6.45, 7) is 3.07. The van der Waals surface area contributed by atoms with Crippen LogP contribution >= 0.6 is 0 Å². The Morgan fingerprint density at radius 1 is 1.27 bits per heavy atom. The molecular formula is C15H18N2O5. The summed E-state index contributed by atoms with van der Waals surface area (Å²) in [6, 6.07) is 4.90. The fraction of sp³-hybridized carbons (Fsp3) is 0.400. The molecule has 7 nitrogen and oxygen atoms in total. The van der Waals surface area contributed by atoms with Crippen LogP contribution in [0.25, 0.3) is 10.9 Å². The first kappa shape index (κ1) is 16.0. The molecule has 0 amide bonds. The quantitative estimate of drug-likeness (QED) is 0.459. The highest BCUT2D eigenvalue weighted by atomic mass is 16.5. The van der Waals surface area contributed by atoms with Crippen molar-refractivity contribution in [3.63, 3.8) is 0 Å². The van der Waals surface area contributed by atoms with Crippen LogP contribution in [0.4, 0.5) is 5.69 Å². The predicted octanol–water partition coefficient (Wildman–Crippen LogP) is 3.16. The summed E-state index contributed by atoms with van der Waals surface area (Å²) in [7, 11) is 1.62. The van der Waals surface area contributed by atoms with Crippen molar-refractivity contribution in [3.05, 3.63) is 28.8 Å². The van der Waals surface area contributed by atoms with Gasteiger partial charge in [-0.3, -0.25) is 0 Å². The number of carbonyl (C=O) groups excluding carboxylic acids is 1. The summed E-state index contributed by atoms with van der Waals surface area (Å²) in [5.74, 6) is 0.0470. The topological polar surface area (TPSA) is 90.0 Å². The number of benzene rings is 1. The normalized spacial score (nSPS) is 10.6. The Morgan fingerprint density at radius 3 is 2.77 bits per heavy atom. The van der Waals surface area contributed by atoms with Gasteiger partial charge in [-0.25, -0.2) is 4.79 Å². The third-order valence-electron chi connectivity index (χ3n) is 3.04. The van der Waals surface area contributed by atoms with Gasteiger partial charge < -0.3 is 19.2 Å². The largest absolute Gasteiger partial charge is 0.493 e. The Hall–Kier alpha value is -2.41. The monoisotopic (exact) mass is 306 g/mol. The molecule has 0 aliphatic rings. The van der Waals surface area contributed by atoms with Gasteiger partial charge in [0.15, 0.2) is 0 Å². The molecule has 1 N–H and O–H groups in total. The maximum atomic E-state index is 11.7. The fourth-order valence-electron chi connectivity index (χ4n) is 2.07. The van der Waals surface area contributed by atoms with Gasteiger partial charge >= 0.3 is 5.97 Å². The van der Waals surface area contributed by atoms with Crippen LogP contribution in [-0.2, 0) is 9.47 Å². The standard InChI is InChI=1S/C15H18N2O5/c1-3-21-15(18)13-8-10-7-11(22-6-4-5-20-2)9-12(17-19)14(10)16-13/h7-9,16H,3-6H2,1-2H3. The average Bonchev–Trinajstić information content (AvgIpc) is 2.95. The third-order valence-corrected chi connectivity index (χ3v) is 3.04. The molecule has 1 heterocycles. The minimum atomic E-state index is -0.474. The van der Waals surface area contributed by atoms with Crippen molar-refractivity contribution in [2.24, 2.45) is 5.18 Å². The van der Waals surface area contributed by atoms with Crippen molar-refractivity contribution in [1.82, 2.24) is 4.98 Å². The molecule has 2 aromatic rings. The molecule has 7 heteroatoms. The molecule has 0 atom stereocenters. The van der Waals surface area contributed by atoms with Gasteiger partial charge in [-0.2, -0.15) is 0 Å². The Balaban J connectivity index is 2.26. The molecule has 0 aliphatic carbocycles. The van der Waals surface area contributed by atoms with Crippen LogP contribution in [0, 0.1) is 4.91 Å². The zero-order valence-corrected chi connectivity index (χ0v) is 12.5. The molecule has 0 fully saturated rings. The Labute approximate surface area is 127 Å². The number of fused-ring (bicyclic) bond motifs is 1. The Morgan fingerprint density at radius 2 is 2.09 bits per heavy atom. The molecule has 0 spiro atoms. The van der Waals surface area contributed by atoms with Crippen LogP contribution in [0.5, 0.6) is 5.75 Å². The van der Waals surface area contributed by atoms with E-state index in [-0.39, 0.29) is 18.0 Å². The first-order chi connectivity index (χ1) is 10.7. The summed E-state index contributed by atoms with van der Waals surface area (Å²) in [5, 5.41) is 3.65. The second kappa shape index (κ2) is 7.56. The minimum Gasteiger partial charge on any atom is -0.493 e. The van der Waals surface area contributed by atoms with Crippen LogP contribution in [-0.4, -0.2) is 37.9 Å². The summed E-state index contributed by atoms with van der Waals surface area (Å²) < 4.78 is 15.4. The molecule has 118 valence electrons. The van der Waals surface area contributed by atoms with Gasteiger partial charge in [-0.1, -0.05) is 0 Å². The maximum Gasteiger partial charge on any atom is 0.354 e. The van der Waals surface area contributed by atoms with E-state index in [1.807, 2.05) is 0 Å². The third kappa shape index (κ3) is 3.62. The predicted molar refractivity (Wildman–Crippen MR) is 81.7 cm³/mol. The Bertz CT molecular complexity index is 665. The number of methoxy groups -OCH3 is 1. The number of rotatable bonds is 8. The van der Waals surface area contributed by atoms with Gasteiger partial charge in [-0.15, -0.1) is 4.91 Å². The number of ether oxygens (including phenoxy) is 3. The average molecular weight is 306 g/mol. The number of nitrogens with zero attached hydrogens (tertiary/aromatic N) is 1. The van der Waals surface area contributed by atoms with Crippen molar-refractivity contribution < 1.29 is 19.0 Å². The van der Waals surface area contributed by atoms with E-state index in [2.05, 4.69) is 10.2 Å². The second-order valence-corrected chi connectivity index (χ2v) is 4.60. The van der Waals surface area contributed by atoms with Crippen molar-refractivity contribution in [2.75, 3.05) is 26.9 Å². The summed E-state index contributed by atoms with van der Waals surface area (Å²) in [4.78, 5) is 25.6. The highest BCUT2D eigenvalue weighted by Crippen LogP contribution is 2.31. The van der Waals surface area contributed by atoms with Crippen LogP contribution in [0.2, 0.25) is 0 Å². The van der Waals surface area contributed by atoms with Gasteiger partial charge in [0.1, 0.15) is 17.1 Å². The molecule has 1 aromatic carbocycles. The van der Waals surface area contributed by atoms with Crippen molar-refractivity contribution in [3.8, 4) is 5.75 Å². The molecule has 0 saturated carbocycles. The van der Waals surface area contributed by atoms with E-state index in [1.54, 1.807) is 26.2 Å². The Kier molecular flexibility index (Phi) is 5.48. The molecule has 0 aliphatic heterocycles. The number of hydrogen-bond acceptors (Lipinski definition) is 6. The lowest BCUT2D eigenvalue weighted by Crippen LogP contribution is -2.04. The van der Waals surface area contributed by atoms with Gasteiger partial charge in [0.25, 0.3) is 0 Å². The molecule has 0 radical (unpaired) electrons.